The van der Waals surface area contributed by atoms with E-state index in [0.717, 1.165) is 39.2 Å². The fraction of sp³-hybridized carbons (Fsp3) is 0.0455. The molecule has 24 heavy (non-hydrogen) atoms. The molecule has 0 amide bonds. The first-order valence-corrected chi connectivity index (χ1v) is 7.81. The molecule has 2 nitrogen and oxygen atoms in total. The van der Waals surface area contributed by atoms with Gasteiger partial charge in [0, 0.05) is 11.1 Å². The van der Waals surface area contributed by atoms with Gasteiger partial charge in [-0.1, -0.05) is 61.7 Å². The van der Waals surface area contributed by atoms with Gasteiger partial charge in [-0.25, -0.2) is 4.98 Å². The SMILES string of the molecule is C=Cc1cccc(-c2cc(CO)cc(-c3cccc(C=C)c3)n2)c1. The predicted octanol–water partition coefficient (Wildman–Crippen LogP) is 5.19. The molecule has 0 aliphatic carbocycles. The fourth-order valence-electron chi connectivity index (χ4n) is 2.62. The summed E-state index contributed by atoms with van der Waals surface area (Å²) in [5, 5.41) is 9.62. The number of aliphatic hydroxyl groups excluding tert-OH is 1. The Labute approximate surface area is 142 Å². The molecule has 1 N–H and O–H groups in total. The van der Waals surface area contributed by atoms with Crippen molar-refractivity contribution in [2.24, 2.45) is 0 Å². The molecule has 0 bridgehead atoms. The number of benzene rings is 2. The Morgan fingerprint density at radius 1 is 0.792 bits per heavy atom. The van der Waals surface area contributed by atoms with E-state index in [1.807, 2.05) is 72.8 Å². The summed E-state index contributed by atoms with van der Waals surface area (Å²) in [6, 6.07) is 19.9. The summed E-state index contributed by atoms with van der Waals surface area (Å²) >= 11 is 0. The van der Waals surface area contributed by atoms with Gasteiger partial charge in [0.25, 0.3) is 0 Å². The summed E-state index contributed by atoms with van der Waals surface area (Å²) in [5.41, 5.74) is 6.60. The first kappa shape index (κ1) is 15.9. The van der Waals surface area contributed by atoms with Gasteiger partial charge in [0.1, 0.15) is 0 Å². The summed E-state index contributed by atoms with van der Waals surface area (Å²) in [7, 11) is 0. The van der Waals surface area contributed by atoms with Crippen LogP contribution in [0.3, 0.4) is 0 Å². The highest BCUT2D eigenvalue weighted by Gasteiger charge is 2.07. The molecule has 0 saturated carbocycles. The lowest BCUT2D eigenvalue weighted by Crippen LogP contribution is -1.94. The largest absolute Gasteiger partial charge is 0.392 e. The van der Waals surface area contributed by atoms with Crippen LogP contribution in [0.4, 0.5) is 0 Å². The standard InChI is InChI=1S/C22H19NO/c1-3-16-7-5-9-19(11-16)21-13-18(15-24)14-22(23-21)20-10-6-8-17(4-2)12-20/h3-14,24H,1-2,15H2. The summed E-state index contributed by atoms with van der Waals surface area (Å²) < 4.78 is 0. The molecule has 0 aliphatic heterocycles. The van der Waals surface area contributed by atoms with E-state index < -0.39 is 0 Å². The Morgan fingerprint density at radius 2 is 1.29 bits per heavy atom. The second kappa shape index (κ2) is 7.07. The van der Waals surface area contributed by atoms with Gasteiger partial charge in [0.05, 0.1) is 18.0 Å². The molecule has 0 aliphatic rings. The number of hydrogen-bond donors (Lipinski definition) is 1. The summed E-state index contributed by atoms with van der Waals surface area (Å²) in [5.74, 6) is 0. The first-order valence-electron chi connectivity index (χ1n) is 7.81. The lowest BCUT2D eigenvalue weighted by molar-refractivity contribution is 0.282. The van der Waals surface area contributed by atoms with Crippen LogP contribution >= 0.6 is 0 Å². The predicted molar refractivity (Wildman–Crippen MR) is 101 cm³/mol. The molecule has 2 heteroatoms. The number of aliphatic hydroxyl groups is 1. The van der Waals surface area contributed by atoms with Gasteiger partial charge in [-0.3, -0.25) is 0 Å². The van der Waals surface area contributed by atoms with Gasteiger partial charge in [0.2, 0.25) is 0 Å². The van der Waals surface area contributed by atoms with E-state index in [-0.39, 0.29) is 6.61 Å². The molecular weight excluding hydrogens is 294 g/mol. The van der Waals surface area contributed by atoms with Crippen LogP contribution in [-0.2, 0) is 6.61 Å². The molecule has 0 saturated heterocycles. The number of hydrogen-bond acceptors (Lipinski definition) is 2. The number of pyridine rings is 1. The van der Waals surface area contributed by atoms with Crippen molar-refractivity contribution >= 4 is 12.2 Å². The van der Waals surface area contributed by atoms with E-state index in [9.17, 15) is 5.11 Å². The van der Waals surface area contributed by atoms with Gasteiger partial charge >= 0.3 is 0 Å². The van der Waals surface area contributed by atoms with Gasteiger partial charge in [0.15, 0.2) is 0 Å². The van der Waals surface area contributed by atoms with Crippen molar-refractivity contribution in [2.45, 2.75) is 6.61 Å². The quantitative estimate of drug-likeness (QED) is 0.703. The van der Waals surface area contributed by atoms with Crippen molar-refractivity contribution in [3.8, 4) is 22.5 Å². The highest BCUT2D eigenvalue weighted by atomic mass is 16.3. The van der Waals surface area contributed by atoms with Crippen molar-refractivity contribution in [3.63, 3.8) is 0 Å². The minimum atomic E-state index is -0.0230. The third kappa shape index (κ3) is 3.34. The average Bonchev–Trinajstić information content (AvgIpc) is 2.67. The Bertz CT molecular complexity index is 826. The smallest absolute Gasteiger partial charge is 0.0713 e. The monoisotopic (exact) mass is 313 g/mol. The minimum absolute atomic E-state index is 0.0230. The minimum Gasteiger partial charge on any atom is -0.392 e. The first-order chi connectivity index (χ1) is 11.7. The highest BCUT2D eigenvalue weighted by molar-refractivity contribution is 5.70. The van der Waals surface area contributed by atoms with Crippen LogP contribution < -0.4 is 0 Å². The zero-order chi connectivity index (χ0) is 16.9. The maximum absolute atomic E-state index is 9.62. The Balaban J connectivity index is 2.14. The van der Waals surface area contributed by atoms with Crippen LogP contribution in [0.25, 0.3) is 34.7 Å². The molecule has 0 fully saturated rings. The maximum atomic E-state index is 9.62. The lowest BCUT2D eigenvalue weighted by atomic mass is 10.0. The molecule has 1 aromatic heterocycles. The van der Waals surface area contributed by atoms with E-state index in [1.165, 1.54) is 0 Å². The van der Waals surface area contributed by atoms with E-state index in [2.05, 4.69) is 13.2 Å². The Morgan fingerprint density at radius 3 is 1.71 bits per heavy atom. The number of aromatic nitrogens is 1. The molecule has 1 heterocycles. The number of nitrogens with zero attached hydrogens (tertiary/aromatic N) is 1. The summed E-state index contributed by atoms with van der Waals surface area (Å²) in [6.45, 7) is 7.60. The molecule has 118 valence electrons. The number of rotatable bonds is 5. The highest BCUT2D eigenvalue weighted by Crippen LogP contribution is 2.26. The Hall–Kier alpha value is -2.97. The fourth-order valence-corrected chi connectivity index (χ4v) is 2.62. The summed E-state index contributed by atoms with van der Waals surface area (Å²) in [6.07, 6.45) is 3.63. The van der Waals surface area contributed by atoms with Gasteiger partial charge < -0.3 is 5.11 Å². The van der Waals surface area contributed by atoms with Crippen LogP contribution in [0.5, 0.6) is 0 Å². The lowest BCUT2D eigenvalue weighted by Gasteiger charge is -2.09. The van der Waals surface area contributed by atoms with E-state index in [1.54, 1.807) is 0 Å². The zero-order valence-corrected chi connectivity index (χ0v) is 13.4. The van der Waals surface area contributed by atoms with Gasteiger partial charge in [-0.2, -0.15) is 0 Å². The zero-order valence-electron chi connectivity index (χ0n) is 13.4. The molecule has 3 rings (SSSR count). The maximum Gasteiger partial charge on any atom is 0.0713 e. The Kier molecular flexibility index (Phi) is 4.69. The van der Waals surface area contributed by atoms with E-state index >= 15 is 0 Å². The second-order valence-electron chi connectivity index (χ2n) is 5.56. The van der Waals surface area contributed by atoms with E-state index in [4.69, 9.17) is 4.98 Å². The molecule has 0 unspecified atom stereocenters. The molecule has 0 atom stereocenters. The topological polar surface area (TPSA) is 33.1 Å². The van der Waals surface area contributed by atoms with Crippen LogP contribution in [0.2, 0.25) is 0 Å². The van der Waals surface area contributed by atoms with Crippen molar-refractivity contribution in [2.75, 3.05) is 0 Å². The van der Waals surface area contributed by atoms with Crippen molar-refractivity contribution in [1.29, 1.82) is 0 Å². The van der Waals surface area contributed by atoms with Crippen LogP contribution in [-0.4, -0.2) is 10.1 Å². The van der Waals surface area contributed by atoms with Gasteiger partial charge in [-0.15, -0.1) is 0 Å². The molecule has 0 spiro atoms. The second-order valence-corrected chi connectivity index (χ2v) is 5.56. The molecule has 0 radical (unpaired) electrons. The molecule has 3 aromatic rings. The van der Waals surface area contributed by atoms with Crippen LogP contribution in [0.15, 0.2) is 73.8 Å². The molecule has 2 aromatic carbocycles. The van der Waals surface area contributed by atoms with E-state index in [0.29, 0.717) is 0 Å². The van der Waals surface area contributed by atoms with Crippen molar-refractivity contribution in [1.82, 2.24) is 4.98 Å². The average molecular weight is 313 g/mol. The van der Waals surface area contributed by atoms with Crippen LogP contribution in [0, 0.1) is 0 Å². The summed E-state index contributed by atoms with van der Waals surface area (Å²) in [4.78, 5) is 4.79. The molecular formula is C22H19NO. The third-order valence-corrected chi connectivity index (χ3v) is 3.90. The van der Waals surface area contributed by atoms with Crippen molar-refractivity contribution in [3.05, 3.63) is 90.5 Å². The normalized spacial score (nSPS) is 10.4. The van der Waals surface area contributed by atoms with Crippen LogP contribution in [0.1, 0.15) is 16.7 Å². The van der Waals surface area contributed by atoms with Gasteiger partial charge in [-0.05, 0) is 41.0 Å². The third-order valence-electron chi connectivity index (χ3n) is 3.90. The van der Waals surface area contributed by atoms with Crippen molar-refractivity contribution < 1.29 is 5.11 Å².